The number of Topliss-reactive ketones (excluding diaryl/α,β-unsaturated/α-hetero) is 1. The van der Waals surface area contributed by atoms with Crippen molar-refractivity contribution in [3.8, 4) is 11.1 Å². The van der Waals surface area contributed by atoms with Crippen molar-refractivity contribution >= 4 is 17.4 Å². The first kappa shape index (κ1) is 28.8. The van der Waals surface area contributed by atoms with E-state index in [0.717, 1.165) is 60.2 Å². The fraction of sp³-hybridized carbons (Fsp3) is 0.220. The molecule has 1 aliphatic heterocycles. The predicted molar refractivity (Wildman–Crippen MR) is 182 cm³/mol. The molecule has 5 aromatic rings. The topological polar surface area (TPSA) is 49.4 Å². The second-order valence-electron chi connectivity index (χ2n) is 12.3. The van der Waals surface area contributed by atoms with Gasteiger partial charge in [-0.15, -0.1) is 0 Å². The van der Waals surface area contributed by atoms with Crippen LogP contribution in [0.3, 0.4) is 0 Å². The van der Waals surface area contributed by atoms with Gasteiger partial charge in [0.05, 0.1) is 5.92 Å². The minimum absolute atomic E-state index is 0.102. The Hall–Kier alpha value is -4.96. The number of ketones is 1. The maximum absolute atomic E-state index is 13.6. The van der Waals surface area contributed by atoms with Crippen LogP contribution < -0.4 is 10.2 Å². The van der Waals surface area contributed by atoms with Crippen LogP contribution in [0.25, 0.3) is 11.1 Å². The van der Waals surface area contributed by atoms with Gasteiger partial charge in [-0.1, -0.05) is 115 Å². The summed E-state index contributed by atoms with van der Waals surface area (Å²) in [6, 6.07) is 43.4. The second-order valence-corrected chi connectivity index (χ2v) is 12.3. The first-order chi connectivity index (χ1) is 22.1. The van der Waals surface area contributed by atoms with Crippen LogP contribution in [0.5, 0.6) is 0 Å². The van der Waals surface area contributed by atoms with Crippen molar-refractivity contribution in [2.24, 2.45) is 5.92 Å². The summed E-state index contributed by atoms with van der Waals surface area (Å²) in [7, 11) is 0. The van der Waals surface area contributed by atoms with Crippen molar-refractivity contribution < 1.29 is 9.59 Å². The number of piperidine rings is 1. The highest BCUT2D eigenvalue weighted by atomic mass is 16.2. The quantitative estimate of drug-likeness (QED) is 0.174. The molecule has 0 spiro atoms. The van der Waals surface area contributed by atoms with Crippen molar-refractivity contribution in [3.05, 3.63) is 161 Å². The van der Waals surface area contributed by atoms with Gasteiger partial charge in [-0.05, 0) is 76.3 Å². The average Bonchev–Trinajstić information content (AvgIpc) is 3.48. The van der Waals surface area contributed by atoms with Gasteiger partial charge in [0.15, 0.2) is 5.78 Å². The molecule has 0 saturated carbocycles. The third kappa shape index (κ3) is 6.19. The molecule has 0 bridgehead atoms. The van der Waals surface area contributed by atoms with Crippen molar-refractivity contribution in [2.75, 3.05) is 18.0 Å². The lowest BCUT2D eigenvalue weighted by atomic mass is 9.79. The van der Waals surface area contributed by atoms with Crippen molar-refractivity contribution in [1.29, 1.82) is 0 Å². The zero-order chi connectivity index (χ0) is 30.6. The molecule has 1 aliphatic carbocycles. The molecule has 1 fully saturated rings. The summed E-state index contributed by atoms with van der Waals surface area (Å²) < 4.78 is 0. The first-order valence-electron chi connectivity index (χ1n) is 16.1. The third-order valence-corrected chi connectivity index (χ3v) is 9.58. The van der Waals surface area contributed by atoms with Gasteiger partial charge in [0.25, 0.3) is 0 Å². The lowest BCUT2D eigenvalue weighted by Crippen LogP contribution is -2.40. The molecule has 5 aromatic carbocycles. The van der Waals surface area contributed by atoms with Gasteiger partial charge in [-0.3, -0.25) is 9.59 Å². The highest BCUT2D eigenvalue weighted by molar-refractivity contribution is 6.01. The van der Waals surface area contributed by atoms with Crippen molar-refractivity contribution in [1.82, 2.24) is 5.32 Å². The van der Waals surface area contributed by atoms with Gasteiger partial charge in [-0.2, -0.15) is 0 Å². The van der Waals surface area contributed by atoms with Crippen molar-refractivity contribution in [2.45, 2.75) is 38.1 Å². The molecule has 1 atom stereocenters. The maximum atomic E-state index is 13.6. The second kappa shape index (κ2) is 13.0. The molecule has 1 unspecified atom stereocenters. The van der Waals surface area contributed by atoms with Crippen LogP contribution >= 0.6 is 0 Å². The summed E-state index contributed by atoms with van der Waals surface area (Å²) in [6.45, 7) is 2.33. The van der Waals surface area contributed by atoms with Gasteiger partial charge < -0.3 is 10.2 Å². The smallest absolute Gasteiger partial charge is 0.228 e. The number of nitrogens with zero attached hydrogens (tertiary/aromatic N) is 1. The summed E-state index contributed by atoms with van der Waals surface area (Å²) in [5, 5.41) is 3.21. The Bertz CT molecular complexity index is 1790. The molecule has 45 heavy (non-hydrogen) atoms. The van der Waals surface area contributed by atoms with E-state index in [2.05, 4.69) is 76.9 Å². The van der Waals surface area contributed by atoms with Gasteiger partial charge >= 0.3 is 0 Å². The number of hydrogen-bond acceptors (Lipinski definition) is 3. The standard InChI is InChI=1S/C41H38N2O2/c44-39(37-17-9-16-36-35-15-8-7-14-33(35)27-38(36)37)26-29-18-20-34(21-19-29)43-24-22-32(23-25-43)40(31-12-5-2-6-13-31)41(45)42-28-30-10-3-1-4-11-30/h1-21,32,40H,22-28H2,(H,42,45). The Morgan fingerprint density at radius 2 is 1.36 bits per heavy atom. The number of fused-ring (bicyclic) bond motifs is 3. The minimum Gasteiger partial charge on any atom is -0.372 e. The number of benzene rings is 5. The molecule has 224 valence electrons. The zero-order valence-electron chi connectivity index (χ0n) is 25.5. The van der Waals surface area contributed by atoms with Crippen LogP contribution in [0.2, 0.25) is 0 Å². The van der Waals surface area contributed by atoms with Crippen LogP contribution in [0.4, 0.5) is 5.69 Å². The molecule has 1 saturated heterocycles. The molecule has 0 aromatic heterocycles. The van der Waals surface area contributed by atoms with Crippen molar-refractivity contribution in [3.63, 3.8) is 0 Å². The van der Waals surface area contributed by atoms with Crippen LogP contribution in [0.15, 0.2) is 127 Å². The molecule has 0 radical (unpaired) electrons. The fourth-order valence-electron chi connectivity index (χ4n) is 7.21. The summed E-state index contributed by atoms with van der Waals surface area (Å²) in [5.41, 5.74) is 10.1. The monoisotopic (exact) mass is 590 g/mol. The molecule has 2 aliphatic rings. The van der Waals surface area contributed by atoms with Crippen LogP contribution in [0, 0.1) is 5.92 Å². The van der Waals surface area contributed by atoms with E-state index in [9.17, 15) is 9.59 Å². The molecule has 4 heteroatoms. The molecule has 1 heterocycles. The Kier molecular flexibility index (Phi) is 8.29. The normalized spacial score (nSPS) is 14.8. The average molecular weight is 591 g/mol. The molecule has 7 rings (SSSR count). The highest BCUT2D eigenvalue weighted by Gasteiger charge is 2.33. The van der Waals surface area contributed by atoms with Gasteiger partial charge in [0.1, 0.15) is 0 Å². The van der Waals surface area contributed by atoms with E-state index in [-0.39, 0.29) is 23.5 Å². The summed E-state index contributed by atoms with van der Waals surface area (Å²) in [6.07, 6.45) is 3.11. The number of nitrogens with one attached hydrogen (secondary N) is 1. The Morgan fingerprint density at radius 1 is 0.689 bits per heavy atom. The molecular weight excluding hydrogens is 552 g/mol. The van der Waals surface area contributed by atoms with E-state index < -0.39 is 0 Å². The molecule has 4 nitrogen and oxygen atoms in total. The van der Waals surface area contributed by atoms with Crippen LogP contribution in [-0.2, 0) is 24.2 Å². The number of carbonyl (C=O) groups is 2. The number of amides is 1. The van der Waals surface area contributed by atoms with E-state index in [4.69, 9.17) is 0 Å². The van der Waals surface area contributed by atoms with Gasteiger partial charge in [-0.25, -0.2) is 0 Å². The van der Waals surface area contributed by atoms with Gasteiger partial charge in [0.2, 0.25) is 5.91 Å². The fourth-order valence-corrected chi connectivity index (χ4v) is 7.21. The number of hydrogen-bond donors (Lipinski definition) is 1. The predicted octanol–water partition coefficient (Wildman–Crippen LogP) is 8.00. The highest BCUT2D eigenvalue weighted by Crippen LogP contribution is 2.39. The first-order valence-corrected chi connectivity index (χ1v) is 16.1. The van der Waals surface area contributed by atoms with E-state index >= 15 is 0 Å². The van der Waals surface area contributed by atoms with E-state index in [0.29, 0.717) is 13.0 Å². The SMILES string of the molecule is O=C(Cc1ccc(N2CCC(C(C(=O)NCc3ccccc3)c3ccccc3)CC2)cc1)c1cccc2c1Cc1ccccc1-2. The lowest BCUT2D eigenvalue weighted by Gasteiger charge is -2.37. The molecule has 1 amide bonds. The third-order valence-electron chi connectivity index (χ3n) is 9.58. The van der Waals surface area contributed by atoms with Gasteiger partial charge in [0, 0.05) is 37.3 Å². The largest absolute Gasteiger partial charge is 0.372 e. The number of anilines is 1. The Balaban J connectivity index is 0.986. The van der Waals surface area contributed by atoms with E-state index in [1.807, 2.05) is 60.7 Å². The summed E-state index contributed by atoms with van der Waals surface area (Å²) >= 11 is 0. The van der Waals surface area contributed by atoms with Crippen LogP contribution in [0.1, 0.15) is 56.9 Å². The number of rotatable bonds is 9. The summed E-state index contributed by atoms with van der Waals surface area (Å²) in [4.78, 5) is 29.4. The minimum atomic E-state index is -0.169. The maximum Gasteiger partial charge on any atom is 0.228 e. The summed E-state index contributed by atoms with van der Waals surface area (Å²) in [5.74, 6) is 0.379. The Labute approximate surface area is 265 Å². The zero-order valence-corrected chi connectivity index (χ0v) is 25.5. The van der Waals surface area contributed by atoms with E-state index in [1.54, 1.807) is 0 Å². The lowest BCUT2D eigenvalue weighted by molar-refractivity contribution is -0.124. The molecular formula is C41H38N2O2. The van der Waals surface area contributed by atoms with Crippen LogP contribution in [-0.4, -0.2) is 24.8 Å². The molecule has 1 N–H and O–H groups in total. The number of carbonyl (C=O) groups excluding carboxylic acids is 2. The Morgan fingerprint density at radius 3 is 2.11 bits per heavy atom. The van der Waals surface area contributed by atoms with E-state index in [1.165, 1.54) is 22.4 Å².